The Hall–Kier alpha value is -0.470. The van der Waals surface area contributed by atoms with E-state index >= 15 is 0 Å². The number of hydrogen-bond donors (Lipinski definition) is 0. The van der Waals surface area contributed by atoms with Crippen molar-refractivity contribution in [3.63, 3.8) is 0 Å². The van der Waals surface area contributed by atoms with E-state index in [4.69, 9.17) is 0 Å². The molecule has 0 unspecified atom stereocenters. The predicted molar refractivity (Wildman–Crippen MR) is 48.3 cm³/mol. The number of sulfone groups is 2. The maximum absolute atomic E-state index is 10.9. The number of aromatic nitrogens is 1. The molecule has 1 rings (SSSR count). The second-order valence-corrected chi connectivity index (χ2v) is 7.54. The van der Waals surface area contributed by atoms with Gasteiger partial charge in [0.15, 0.2) is 24.7 Å². The molecule has 0 saturated heterocycles. The van der Waals surface area contributed by atoms with Gasteiger partial charge in [0, 0.05) is 18.6 Å². The Morgan fingerprint density at radius 1 is 1.15 bits per heavy atom. The van der Waals surface area contributed by atoms with E-state index in [9.17, 15) is 16.8 Å². The standard InChI is InChI=1S/C5H7NO4S3/c1-12(7,8)4-3-5(11-6-4)13(2,9)10/h3H,1-2H3. The maximum atomic E-state index is 10.9. The lowest BCUT2D eigenvalue weighted by molar-refractivity contribution is 0.599. The van der Waals surface area contributed by atoms with Gasteiger partial charge in [-0.25, -0.2) is 16.8 Å². The third-order valence-electron chi connectivity index (χ3n) is 1.21. The van der Waals surface area contributed by atoms with Gasteiger partial charge in [-0.05, 0) is 11.5 Å². The molecular formula is C5H7NO4S3. The minimum Gasteiger partial charge on any atom is -0.223 e. The predicted octanol–water partition coefficient (Wildman–Crippen LogP) is -0.0499. The van der Waals surface area contributed by atoms with E-state index in [2.05, 4.69) is 4.37 Å². The molecule has 0 aliphatic heterocycles. The van der Waals surface area contributed by atoms with E-state index in [-0.39, 0.29) is 9.24 Å². The molecule has 5 nitrogen and oxygen atoms in total. The fourth-order valence-corrected chi connectivity index (χ4v) is 3.10. The zero-order chi connectivity index (χ0) is 10.3. The first kappa shape index (κ1) is 10.6. The van der Waals surface area contributed by atoms with Gasteiger partial charge in [0.25, 0.3) is 0 Å². The lowest BCUT2D eigenvalue weighted by Gasteiger charge is -1.87. The molecule has 8 heteroatoms. The monoisotopic (exact) mass is 241 g/mol. The van der Waals surface area contributed by atoms with E-state index < -0.39 is 19.7 Å². The topological polar surface area (TPSA) is 81.2 Å². The first-order chi connectivity index (χ1) is 5.71. The maximum Gasteiger partial charge on any atom is 0.193 e. The Morgan fingerprint density at radius 3 is 1.92 bits per heavy atom. The zero-order valence-electron chi connectivity index (χ0n) is 6.88. The second-order valence-electron chi connectivity index (χ2n) is 2.53. The van der Waals surface area contributed by atoms with Gasteiger partial charge in [-0.3, -0.25) is 0 Å². The van der Waals surface area contributed by atoms with Crippen LogP contribution in [0.1, 0.15) is 0 Å². The van der Waals surface area contributed by atoms with Crippen LogP contribution in [-0.2, 0) is 19.7 Å². The SMILES string of the molecule is CS(=O)(=O)c1cc(S(C)(=O)=O)sn1. The summed E-state index contributed by atoms with van der Waals surface area (Å²) in [5.74, 6) is 0. The Labute approximate surface area is 80.4 Å². The van der Waals surface area contributed by atoms with Crippen LogP contribution >= 0.6 is 11.5 Å². The molecule has 1 aromatic heterocycles. The minimum atomic E-state index is -3.41. The Balaban J connectivity index is 3.32. The summed E-state index contributed by atoms with van der Waals surface area (Å²) >= 11 is 0.666. The lowest BCUT2D eigenvalue weighted by atomic mass is 10.8. The largest absolute Gasteiger partial charge is 0.223 e. The molecular weight excluding hydrogens is 234 g/mol. The zero-order valence-corrected chi connectivity index (χ0v) is 9.33. The van der Waals surface area contributed by atoms with Gasteiger partial charge in [0.05, 0.1) is 0 Å². The summed E-state index contributed by atoms with van der Waals surface area (Å²) in [6, 6.07) is 1.06. The van der Waals surface area contributed by atoms with Crippen LogP contribution in [0.3, 0.4) is 0 Å². The average Bonchev–Trinajstić information content (AvgIpc) is 2.28. The summed E-state index contributed by atoms with van der Waals surface area (Å²) in [6.07, 6.45) is 1.99. The van der Waals surface area contributed by atoms with Gasteiger partial charge < -0.3 is 0 Å². The highest BCUT2D eigenvalue weighted by molar-refractivity contribution is 7.93. The van der Waals surface area contributed by atoms with Crippen molar-refractivity contribution in [2.75, 3.05) is 12.5 Å². The smallest absolute Gasteiger partial charge is 0.193 e. The first-order valence-corrected chi connectivity index (χ1v) is 7.64. The molecule has 0 bridgehead atoms. The molecule has 0 atom stereocenters. The van der Waals surface area contributed by atoms with Crippen LogP contribution < -0.4 is 0 Å². The molecule has 0 fully saturated rings. The Morgan fingerprint density at radius 2 is 1.69 bits per heavy atom. The highest BCUT2D eigenvalue weighted by Crippen LogP contribution is 2.19. The van der Waals surface area contributed by atoms with Gasteiger partial charge in [-0.15, -0.1) is 0 Å². The Bertz CT molecular complexity index is 463. The van der Waals surface area contributed by atoms with Gasteiger partial charge in [0.1, 0.15) is 4.21 Å². The number of nitrogens with zero attached hydrogens (tertiary/aromatic N) is 1. The van der Waals surface area contributed by atoms with Crippen molar-refractivity contribution in [2.45, 2.75) is 9.24 Å². The van der Waals surface area contributed by atoms with Crippen molar-refractivity contribution >= 4 is 31.2 Å². The number of hydrogen-bond acceptors (Lipinski definition) is 6. The molecule has 1 heterocycles. The fraction of sp³-hybridized carbons (Fsp3) is 0.400. The first-order valence-electron chi connectivity index (χ1n) is 3.08. The molecule has 0 aliphatic rings. The van der Waals surface area contributed by atoms with E-state index in [0.717, 1.165) is 18.6 Å². The van der Waals surface area contributed by atoms with E-state index in [1.54, 1.807) is 0 Å². The number of rotatable bonds is 2. The van der Waals surface area contributed by atoms with E-state index in [0.29, 0.717) is 11.5 Å². The molecule has 0 amide bonds. The van der Waals surface area contributed by atoms with Gasteiger partial charge >= 0.3 is 0 Å². The van der Waals surface area contributed by atoms with Crippen molar-refractivity contribution in [3.8, 4) is 0 Å². The van der Waals surface area contributed by atoms with E-state index in [1.165, 1.54) is 0 Å². The molecule has 1 aromatic rings. The van der Waals surface area contributed by atoms with E-state index in [1.807, 2.05) is 0 Å². The van der Waals surface area contributed by atoms with Crippen molar-refractivity contribution in [1.82, 2.24) is 4.37 Å². The highest BCUT2D eigenvalue weighted by Gasteiger charge is 2.17. The minimum absolute atomic E-state index is 0.0343. The van der Waals surface area contributed by atoms with Crippen LogP contribution in [0.15, 0.2) is 15.3 Å². The fourth-order valence-electron chi connectivity index (χ4n) is 0.593. The lowest BCUT2D eigenvalue weighted by Crippen LogP contribution is -1.97. The van der Waals surface area contributed by atoms with Crippen LogP contribution in [0.2, 0.25) is 0 Å². The summed E-state index contributed by atoms with van der Waals surface area (Å²) in [7, 11) is -6.76. The third kappa shape index (κ3) is 2.48. The third-order valence-corrected chi connectivity index (χ3v) is 4.86. The van der Waals surface area contributed by atoms with Crippen molar-refractivity contribution in [1.29, 1.82) is 0 Å². The van der Waals surface area contributed by atoms with Gasteiger partial charge in [-0.2, -0.15) is 4.37 Å². The quantitative estimate of drug-likeness (QED) is 0.725. The summed E-state index contributed by atoms with van der Waals surface area (Å²) in [5, 5.41) is -0.196. The van der Waals surface area contributed by atoms with Crippen LogP contribution in [-0.4, -0.2) is 33.7 Å². The van der Waals surface area contributed by atoms with Crippen LogP contribution in [0.4, 0.5) is 0 Å². The molecule has 0 radical (unpaired) electrons. The van der Waals surface area contributed by atoms with Crippen molar-refractivity contribution in [3.05, 3.63) is 6.07 Å². The molecule has 0 spiro atoms. The molecule has 74 valence electrons. The molecule has 13 heavy (non-hydrogen) atoms. The Kier molecular flexibility index (Phi) is 2.48. The molecule has 0 saturated carbocycles. The summed E-state index contributed by atoms with van der Waals surface area (Å²) in [6.45, 7) is 0. The molecule has 0 N–H and O–H groups in total. The summed E-state index contributed by atoms with van der Waals surface area (Å²) in [4.78, 5) is 0. The average molecular weight is 241 g/mol. The summed E-state index contributed by atoms with van der Waals surface area (Å²) < 4.78 is 47.2. The highest BCUT2D eigenvalue weighted by atomic mass is 32.2. The van der Waals surface area contributed by atoms with Crippen molar-refractivity contribution < 1.29 is 16.8 Å². The summed E-state index contributed by atoms with van der Waals surface area (Å²) in [5.41, 5.74) is 0. The molecule has 0 aromatic carbocycles. The van der Waals surface area contributed by atoms with Gasteiger partial charge in [0.2, 0.25) is 0 Å². The van der Waals surface area contributed by atoms with Gasteiger partial charge in [-0.1, -0.05) is 0 Å². The molecule has 0 aliphatic carbocycles. The van der Waals surface area contributed by atoms with Crippen molar-refractivity contribution in [2.24, 2.45) is 0 Å². The second kappa shape index (κ2) is 3.03. The normalized spacial score (nSPS) is 13.1. The van der Waals surface area contributed by atoms with Crippen LogP contribution in [0.25, 0.3) is 0 Å². The van der Waals surface area contributed by atoms with Crippen LogP contribution in [0, 0.1) is 0 Å². The van der Waals surface area contributed by atoms with Crippen LogP contribution in [0.5, 0.6) is 0 Å².